The highest BCUT2D eigenvalue weighted by Gasteiger charge is 2.29. The summed E-state index contributed by atoms with van der Waals surface area (Å²) >= 11 is 0. The van der Waals surface area contributed by atoms with Crippen molar-refractivity contribution in [3.05, 3.63) is 0 Å². The Balaban J connectivity index is 2.57. The molecule has 0 aromatic carbocycles. The van der Waals surface area contributed by atoms with Crippen LogP contribution in [0.4, 0.5) is 0 Å². The number of hydrogen-bond acceptors (Lipinski definition) is 4. The molecule has 4 nitrogen and oxygen atoms in total. The molecule has 1 heterocycles. The second kappa shape index (κ2) is 5.07. The molecule has 4 heteroatoms. The van der Waals surface area contributed by atoms with Gasteiger partial charge in [0.15, 0.2) is 0 Å². The van der Waals surface area contributed by atoms with Crippen LogP contribution < -0.4 is 5.73 Å². The van der Waals surface area contributed by atoms with Gasteiger partial charge in [0, 0.05) is 37.8 Å². The van der Waals surface area contributed by atoms with Crippen molar-refractivity contribution < 1.29 is 5.11 Å². The molecule has 1 aliphatic rings. The van der Waals surface area contributed by atoms with Gasteiger partial charge in [-0.05, 0) is 20.9 Å². The van der Waals surface area contributed by atoms with Gasteiger partial charge in [-0.1, -0.05) is 0 Å². The Morgan fingerprint density at radius 1 is 1.50 bits per heavy atom. The Morgan fingerprint density at radius 3 is 2.57 bits per heavy atom. The molecule has 1 saturated heterocycles. The van der Waals surface area contributed by atoms with Crippen molar-refractivity contribution in [2.45, 2.75) is 32.0 Å². The van der Waals surface area contributed by atoms with E-state index in [-0.39, 0.29) is 18.7 Å². The van der Waals surface area contributed by atoms with Gasteiger partial charge < -0.3 is 15.7 Å². The zero-order valence-corrected chi connectivity index (χ0v) is 9.48. The van der Waals surface area contributed by atoms with Gasteiger partial charge >= 0.3 is 0 Å². The maximum atomic E-state index is 9.30. The molecule has 3 unspecified atom stereocenters. The molecular weight excluding hydrogens is 178 g/mol. The molecule has 0 bridgehead atoms. The molecule has 1 aliphatic heterocycles. The lowest BCUT2D eigenvalue weighted by Gasteiger charge is -2.43. The molecule has 0 aliphatic carbocycles. The minimum Gasteiger partial charge on any atom is -0.395 e. The summed E-state index contributed by atoms with van der Waals surface area (Å²) in [6.07, 6.45) is 0. The van der Waals surface area contributed by atoms with Crippen LogP contribution in [0.25, 0.3) is 0 Å². The normalized spacial score (nSPS) is 30.2. The largest absolute Gasteiger partial charge is 0.395 e. The van der Waals surface area contributed by atoms with Gasteiger partial charge in [-0.3, -0.25) is 4.90 Å². The molecule has 3 atom stereocenters. The number of aliphatic hydroxyl groups is 1. The zero-order chi connectivity index (χ0) is 10.7. The lowest BCUT2D eigenvalue weighted by atomic mass is 10.1. The van der Waals surface area contributed by atoms with E-state index in [0.29, 0.717) is 6.04 Å². The first-order valence-electron chi connectivity index (χ1n) is 5.37. The van der Waals surface area contributed by atoms with Crippen LogP contribution in [0.3, 0.4) is 0 Å². The van der Waals surface area contributed by atoms with Gasteiger partial charge in [0.05, 0.1) is 6.61 Å². The summed E-state index contributed by atoms with van der Waals surface area (Å²) in [7, 11) is 2.13. The highest BCUT2D eigenvalue weighted by atomic mass is 16.3. The molecule has 0 amide bonds. The highest BCUT2D eigenvalue weighted by molar-refractivity contribution is 4.86. The first-order valence-corrected chi connectivity index (χ1v) is 5.37. The van der Waals surface area contributed by atoms with Crippen LogP contribution in [-0.4, -0.2) is 66.3 Å². The molecule has 84 valence electrons. The van der Waals surface area contributed by atoms with Gasteiger partial charge in [-0.2, -0.15) is 0 Å². The van der Waals surface area contributed by atoms with Crippen LogP contribution in [0, 0.1) is 0 Å². The fourth-order valence-corrected chi connectivity index (χ4v) is 2.22. The number of nitrogens with two attached hydrogens (primary N) is 1. The van der Waals surface area contributed by atoms with Crippen LogP contribution >= 0.6 is 0 Å². The van der Waals surface area contributed by atoms with Crippen molar-refractivity contribution in [1.82, 2.24) is 9.80 Å². The number of rotatable bonds is 3. The fraction of sp³-hybridized carbons (Fsp3) is 1.00. The molecule has 0 aromatic heterocycles. The third kappa shape index (κ3) is 2.67. The van der Waals surface area contributed by atoms with Crippen LogP contribution in [0.5, 0.6) is 0 Å². The molecular formula is C10H23N3O. The summed E-state index contributed by atoms with van der Waals surface area (Å²) in [4.78, 5) is 4.64. The average Bonchev–Trinajstić information content (AvgIpc) is 2.09. The Bertz CT molecular complexity index is 175. The first-order chi connectivity index (χ1) is 6.56. The molecule has 0 radical (unpaired) electrons. The summed E-state index contributed by atoms with van der Waals surface area (Å²) in [5, 5.41) is 9.30. The Kier molecular flexibility index (Phi) is 4.31. The lowest BCUT2D eigenvalue weighted by Crippen LogP contribution is -2.59. The van der Waals surface area contributed by atoms with Crippen LogP contribution in [0.15, 0.2) is 0 Å². The number of nitrogens with zero attached hydrogens (tertiary/aromatic N) is 2. The second-order valence-electron chi connectivity index (χ2n) is 4.46. The van der Waals surface area contributed by atoms with E-state index in [1.54, 1.807) is 0 Å². The standard InChI is InChI=1S/C10H23N3O/c1-8-6-12(3)4-5-13(8)10(7-14)9(2)11/h8-10,14H,4-7,11H2,1-3H3. The fourth-order valence-electron chi connectivity index (χ4n) is 2.22. The predicted molar refractivity (Wildman–Crippen MR) is 58.2 cm³/mol. The first kappa shape index (κ1) is 11.9. The molecule has 0 aromatic rings. The maximum Gasteiger partial charge on any atom is 0.0601 e. The van der Waals surface area contributed by atoms with Gasteiger partial charge in [0.2, 0.25) is 0 Å². The van der Waals surface area contributed by atoms with Crippen molar-refractivity contribution in [1.29, 1.82) is 0 Å². The number of hydrogen-bond donors (Lipinski definition) is 2. The van der Waals surface area contributed by atoms with Crippen molar-refractivity contribution in [3.63, 3.8) is 0 Å². The van der Waals surface area contributed by atoms with E-state index in [1.807, 2.05) is 6.92 Å². The number of aliphatic hydroxyl groups excluding tert-OH is 1. The van der Waals surface area contributed by atoms with Crippen molar-refractivity contribution in [3.8, 4) is 0 Å². The highest BCUT2D eigenvalue weighted by Crippen LogP contribution is 2.13. The maximum absolute atomic E-state index is 9.30. The van der Waals surface area contributed by atoms with E-state index < -0.39 is 0 Å². The Hall–Kier alpha value is -0.160. The topological polar surface area (TPSA) is 52.7 Å². The lowest BCUT2D eigenvalue weighted by molar-refractivity contribution is 0.0264. The van der Waals surface area contributed by atoms with Crippen molar-refractivity contribution in [2.24, 2.45) is 5.73 Å². The van der Waals surface area contributed by atoms with Crippen molar-refractivity contribution in [2.75, 3.05) is 33.3 Å². The molecule has 0 saturated carbocycles. The summed E-state index contributed by atoms with van der Waals surface area (Å²) < 4.78 is 0. The van der Waals surface area contributed by atoms with E-state index in [1.165, 1.54) is 0 Å². The summed E-state index contributed by atoms with van der Waals surface area (Å²) in [6.45, 7) is 7.44. The Labute approximate surface area is 86.7 Å². The SMILES string of the molecule is CC(N)C(CO)N1CCN(C)CC1C. The summed E-state index contributed by atoms with van der Waals surface area (Å²) in [5.41, 5.74) is 5.86. The Morgan fingerprint density at radius 2 is 2.14 bits per heavy atom. The number of piperazine rings is 1. The molecule has 14 heavy (non-hydrogen) atoms. The quantitative estimate of drug-likeness (QED) is 0.636. The average molecular weight is 201 g/mol. The van der Waals surface area contributed by atoms with E-state index in [2.05, 4.69) is 23.8 Å². The van der Waals surface area contributed by atoms with Gasteiger partial charge in [-0.15, -0.1) is 0 Å². The minimum absolute atomic E-state index is 0.0332. The summed E-state index contributed by atoms with van der Waals surface area (Å²) in [6, 6.07) is 0.626. The van der Waals surface area contributed by atoms with Gasteiger partial charge in [0.1, 0.15) is 0 Å². The van der Waals surface area contributed by atoms with E-state index >= 15 is 0 Å². The molecule has 1 rings (SSSR count). The minimum atomic E-state index is 0.0332. The third-order valence-corrected chi connectivity index (χ3v) is 3.10. The molecule has 0 spiro atoms. The van der Waals surface area contributed by atoms with Gasteiger partial charge in [-0.25, -0.2) is 0 Å². The molecule has 1 fully saturated rings. The van der Waals surface area contributed by atoms with E-state index in [0.717, 1.165) is 19.6 Å². The third-order valence-electron chi connectivity index (χ3n) is 3.10. The van der Waals surface area contributed by atoms with Gasteiger partial charge in [0.25, 0.3) is 0 Å². The molecule has 3 N–H and O–H groups in total. The van der Waals surface area contributed by atoms with E-state index in [9.17, 15) is 5.11 Å². The number of likely N-dealkylation sites (N-methyl/N-ethyl adjacent to an activating group) is 1. The smallest absolute Gasteiger partial charge is 0.0601 e. The monoisotopic (exact) mass is 201 g/mol. The van der Waals surface area contributed by atoms with E-state index in [4.69, 9.17) is 5.73 Å². The zero-order valence-electron chi connectivity index (χ0n) is 9.48. The predicted octanol–water partition coefficient (Wildman–Crippen LogP) is -0.670. The van der Waals surface area contributed by atoms with Crippen LogP contribution in [-0.2, 0) is 0 Å². The second-order valence-corrected chi connectivity index (χ2v) is 4.46. The van der Waals surface area contributed by atoms with Crippen LogP contribution in [0.1, 0.15) is 13.8 Å². The summed E-state index contributed by atoms with van der Waals surface area (Å²) in [5.74, 6) is 0. The van der Waals surface area contributed by atoms with Crippen molar-refractivity contribution >= 4 is 0 Å². The van der Waals surface area contributed by atoms with Crippen LogP contribution in [0.2, 0.25) is 0 Å².